The maximum atomic E-state index is 11.2. The zero-order valence-electron chi connectivity index (χ0n) is 15.5. The molecule has 1 saturated heterocycles. The Morgan fingerprint density at radius 1 is 1.16 bits per heavy atom. The Morgan fingerprint density at radius 3 is 2.48 bits per heavy atom. The van der Waals surface area contributed by atoms with Crippen molar-refractivity contribution in [3.8, 4) is 11.5 Å². The topological polar surface area (TPSA) is 68.0 Å². The minimum absolute atomic E-state index is 0.337. The number of carbonyl (C=O) groups is 1. The molecule has 1 aromatic carbocycles. The van der Waals surface area contributed by atoms with Crippen molar-refractivity contribution in [3.63, 3.8) is 0 Å². The van der Waals surface area contributed by atoms with Crippen LogP contribution in [-0.4, -0.2) is 55.2 Å². The third-order valence-corrected chi connectivity index (χ3v) is 4.13. The summed E-state index contributed by atoms with van der Waals surface area (Å²) in [5, 5.41) is 0. The minimum atomic E-state index is -0.337. The van der Waals surface area contributed by atoms with Gasteiger partial charge in [0.05, 0.1) is 6.61 Å². The summed E-state index contributed by atoms with van der Waals surface area (Å²) in [4.78, 5) is 15.2. The molecule has 2 amide bonds. The van der Waals surface area contributed by atoms with Crippen molar-refractivity contribution >= 4 is 6.03 Å². The first-order chi connectivity index (χ1) is 12.0. The summed E-state index contributed by atoms with van der Waals surface area (Å²) >= 11 is 0. The van der Waals surface area contributed by atoms with Crippen molar-refractivity contribution < 1.29 is 14.3 Å². The van der Waals surface area contributed by atoms with Crippen molar-refractivity contribution in [2.45, 2.75) is 27.3 Å². The van der Waals surface area contributed by atoms with Gasteiger partial charge in [0.1, 0.15) is 6.61 Å². The highest BCUT2D eigenvalue weighted by Gasteiger charge is 2.19. The Labute approximate surface area is 150 Å². The summed E-state index contributed by atoms with van der Waals surface area (Å²) in [6, 6.07) is 5.75. The van der Waals surface area contributed by atoms with E-state index in [-0.39, 0.29) is 6.03 Å². The van der Waals surface area contributed by atoms with Crippen LogP contribution in [0.3, 0.4) is 0 Å². The molecule has 1 fully saturated rings. The van der Waals surface area contributed by atoms with E-state index < -0.39 is 0 Å². The highest BCUT2D eigenvalue weighted by molar-refractivity contribution is 5.72. The van der Waals surface area contributed by atoms with Gasteiger partial charge in [-0.25, -0.2) is 4.79 Å². The van der Waals surface area contributed by atoms with Gasteiger partial charge in [0.15, 0.2) is 11.5 Å². The average molecular weight is 347 g/mol. The van der Waals surface area contributed by atoms with Crippen LogP contribution in [0.5, 0.6) is 11.5 Å². The van der Waals surface area contributed by atoms with Gasteiger partial charge in [-0.3, -0.25) is 4.90 Å². The summed E-state index contributed by atoms with van der Waals surface area (Å²) in [5.74, 6) is 1.54. The highest BCUT2D eigenvalue weighted by atomic mass is 16.5. The zero-order valence-corrected chi connectivity index (χ0v) is 15.5. The number of piperazine rings is 1. The number of amides is 2. The van der Waals surface area contributed by atoms with Crippen LogP contribution in [-0.2, 0) is 6.54 Å². The fourth-order valence-corrected chi connectivity index (χ4v) is 2.72. The summed E-state index contributed by atoms with van der Waals surface area (Å²) < 4.78 is 11.6. The molecule has 1 aromatic rings. The van der Waals surface area contributed by atoms with Gasteiger partial charge < -0.3 is 20.1 Å². The smallest absolute Gasteiger partial charge is 0.314 e. The molecule has 0 unspecified atom stereocenters. The third-order valence-electron chi connectivity index (χ3n) is 4.13. The number of nitrogens with two attached hydrogens (primary N) is 1. The number of carbonyl (C=O) groups excluding carboxylic acids is 1. The number of nitrogens with zero attached hydrogens (tertiary/aromatic N) is 2. The fraction of sp³-hybridized carbons (Fsp3) is 0.526. The maximum Gasteiger partial charge on any atom is 0.314 e. The predicted octanol–water partition coefficient (Wildman–Crippen LogP) is 2.63. The molecule has 1 heterocycles. The molecular weight excluding hydrogens is 318 g/mol. The number of ether oxygens (including phenoxy) is 2. The van der Waals surface area contributed by atoms with Crippen LogP contribution < -0.4 is 15.2 Å². The van der Waals surface area contributed by atoms with Crippen molar-refractivity contribution in [1.82, 2.24) is 9.80 Å². The first-order valence-corrected chi connectivity index (χ1v) is 8.78. The van der Waals surface area contributed by atoms with Crippen LogP contribution in [0.15, 0.2) is 29.8 Å². The van der Waals surface area contributed by atoms with Gasteiger partial charge in [0, 0.05) is 32.7 Å². The van der Waals surface area contributed by atoms with Crippen molar-refractivity contribution in [2.24, 2.45) is 5.73 Å². The number of hydrogen-bond acceptors (Lipinski definition) is 4. The molecular formula is C19H29N3O3. The van der Waals surface area contributed by atoms with E-state index in [0.29, 0.717) is 26.3 Å². The standard InChI is InChI=1S/C19H29N3O3/c1-4-24-18-13-16(5-6-17(18)25-12-7-15(2)3)14-21-8-10-22(11-9-21)19(20)23/h5-7,13H,4,8-12,14H2,1-3H3,(H2,20,23). The second-order valence-corrected chi connectivity index (χ2v) is 6.41. The molecule has 0 aliphatic carbocycles. The lowest BCUT2D eigenvalue weighted by Crippen LogP contribution is -2.50. The molecule has 1 aliphatic rings. The Morgan fingerprint density at radius 2 is 1.88 bits per heavy atom. The van der Waals surface area contributed by atoms with Crippen LogP contribution in [0.2, 0.25) is 0 Å². The summed E-state index contributed by atoms with van der Waals surface area (Å²) in [7, 11) is 0. The largest absolute Gasteiger partial charge is 0.490 e. The van der Waals surface area contributed by atoms with Crippen molar-refractivity contribution in [1.29, 1.82) is 0 Å². The number of primary amides is 1. The zero-order chi connectivity index (χ0) is 18.2. The lowest BCUT2D eigenvalue weighted by atomic mass is 10.1. The number of benzene rings is 1. The molecule has 0 spiro atoms. The first-order valence-electron chi connectivity index (χ1n) is 8.78. The van der Waals surface area contributed by atoms with Gasteiger partial charge in [-0.15, -0.1) is 0 Å². The summed E-state index contributed by atoms with van der Waals surface area (Å²) in [6.45, 7) is 11.0. The normalized spacial score (nSPS) is 14.9. The molecule has 0 atom stereocenters. The van der Waals surface area contributed by atoms with Gasteiger partial charge >= 0.3 is 6.03 Å². The van der Waals surface area contributed by atoms with Crippen molar-refractivity contribution in [3.05, 3.63) is 35.4 Å². The quantitative estimate of drug-likeness (QED) is 0.770. The second kappa shape index (κ2) is 9.32. The van der Waals surface area contributed by atoms with Crippen molar-refractivity contribution in [2.75, 3.05) is 39.4 Å². The molecule has 1 aliphatic heterocycles. The average Bonchev–Trinajstić information content (AvgIpc) is 2.57. The minimum Gasteiger partial charge on any atom is -0.490 e. The lowest BCUT2D eigenvalue weighted by Gasteiger charge is -2.33. The van der Waals surface area contributed by atoms with Gasteiger partial charge in [-0.1, -0.05) is 11.6 Å². The van der Waals surface area contributed by atoms with Gasteiger partial charge in [-0.05, 0) is 44.5 Å². The Kier molecular flexibility index (Phi) is 7.13. The SMILES string of the molecule is CCOc1cc(CN2CCN(C(N)=O)CC2)ccc1OCC=C(C)C. The van der Waals surface area contributed by atoms with Crippen LogP contribution in [0.25, 0.3) is 0 Å². The predicted molar refractivity (Wildman–Crippen MR) is 99.0 cm³/mol. The molecule has 138 valence electrons. The Hall–Kier alpha value is -2.21. The Bertz CT molecular complexity index is 604. The van der Waals surface area contributed by atoms with Gasteiger partial charge in [0.25, 0.3) is 0 Å². The second-order valence-electron chi connectivity index (χ2n) is 6.41. The highest BCUT2D eigenvalue weighted by Crippen LogP contribution is 2.29. The molecule has 6 heteroatoms. The van der Waals surface area contributed by atoms with E-state index in [1.807, 2.05) is 39.0 Å². The molecule has 0 bridgehead atoms. The molecule has 2 N–H and O–H groups in total. The number of urea groups is 1. The van der Waals surface area contributed by atoms with E-state index >= 15 is 0 Å². The molecule has 0 aromatic heterocycles. The van der Waals surface area contributed by atoms with Gasteiger partial charge in [0.2, 0.25) is 0 Å². The lowest BCUT2D eigenvalue weighted by molar-refractivity contribution is 0.140. The van der Waals surface area contributed by atoms with Crippen LogP contribution in [0, 0.1) is 0 Å². The van der Waals surface area contributed by atoms with E-state index in [9.17, 15) is 4.79 Å². The monoisotopic (exact) mass is 347 g/mol. The molecule has 0 saturated carbocycles. The molecule has 0 radical (unpaired) electrons. The van der Waals surface area contributed by atoms with Gasteiger partial charge in [-0.2, -0.15) is 0 Å². The molecule has 6 nitrogen and oxygen atoms in total. The molecule has 25 heavy (non-hydrogen) atoms. The van der Waals surface area contributed by atoms with E-state index in [4.69, 9.17) is 15.2 Å². The van der Waals surface area contributed by atoms with Crippen LogP contribution >= 0.6 is 0 Å². The summed E-state index contributed by atoms with van der Waals surface area (Å²) in [5.41, 5.74) is 7.73. The third kappa shape index (κ3) is 5.98. The fourth-order valence-electron chi connectivity index (χ4n) is 2.72. The van der Waals surface area contributed by atoms with Crippen LogP contribution in [0.4, 0.5) is 4.79 Å². The number of allylic oxidation sites excluding steroid dienone is 1. The number of hydrogen-bond donors (Lipinski definition) is 1. The van der Waals surface area contributed by atoms with E-state index in [2.05, 4.69) is 11.0 Å². The number of rotatable bonds is 7. The maximum absolute atomic E-state index is 11.2. The Balaban J connectivity index is 1.98. The van der Waals surface area contributed by atoms with E-state index in [0.717, 1.165) is 31.1 Å². The summed E-state index contributed by atoms with van der Waals surface area (Å²) in [6.07, 6.45) is 2.04. The molecule has 2 rings (SSSR count). The van der Waals surface area contributed by atoms with Crippen LogP contribution in [0.1, 0.15) is 26.3 Å². The first kappa shape index (κ1) is 19.1. The van der Waals surface area contributed by atoms with E-state index in [1.165, 1.54) is 11.1 Å². The van der Waals surface area contributed by atoms with E-state index in [1.54, 1.807) is 4.90 Å².